The molecule has 27 heavy (non-hydrogen) atoms. The monoisotopic (exact) mass is 372 g/mol. The van der Waals surface area contributed by atoms with Crippen LogP contribution in [-0.4, -0.2) is 41.7 Å². The summed E-state index contributed by atoms with van der Waals surface area (Å²) in [6.07, 6.45) is 4.46. The molecule has 144 valence electrons. The van der Waals surface area contributed by atoms with Crippen LogP contribution in [0.5, 0.6) is 11.5 Å². The molecule has 2 fully saturated rings. The van der Waals surface area contributed by atoms with Gasteiger partial charge in [0.25, 0.3) is 5.91 Å². The second-order valence-electron chi connectivity index (χ2n) is 7.19. The number of aromatic nitrogens is 2. The summed E-state index contributed by atoms with van der Waals surface area (Å²) in [4.78, 5) is 19.5. The highest BCUT2D eigenvalue weighted by Gasteiger charge is 2.41. The molecule has 2 heterocycles. The van der Waals surface area contributed by atoms with Gasteiger partial charge in [-0.2, -0.15) is 4.98 Å². The summed E-state index contributed by atoms with van der Waals surface area (Å²) < 4.78 is 16.1. The van der Waals surface area contributed by atoms with Crippen molar-refractivity contribution in [2.24, 2.45) is 5.73 Å². The molecule has 1 saturated heterocycles. The zero-order valence-corrected chi connectivity index (χ0v) is 15.6. The summed E-state index contributed by atoms with van der Waals surface area (Å²) in [5.41, 5.74) is 6.30. The van der Waals surface area contributed by atoms with E-state index < -0.39 is 5.54 Å². The highest BCUT2D eigenvalue weighted by atomic mass is 16.5. The number of ether oxygens (including phenoxy) is 2. The molecule has 1 aliphatic heterocycles. The molecule has 1 unspecified atom stereocenters. The van der Waals surface area contributed by atoms with Gasteiger partial charge in [-0.1, -0.05) is 5.16 Å². The van der Waals surface area contributed by atoms with E-state index in [-0.39, 0.29) is 11.9 Å². The Hall–Kier alpha value is -2.61. The Kier molecular flexibility index (Phi) is 4.51. The van der Waals surface area contributed by atoms with Gasteiger partial charge in [-0.25, -0.2) is 0 Å². The van der Waals surface area contributed by atoms with Gasteiger partial charge >= 0.3 is 0 Å². The van der Waals surface area contributed by atoms with Gasteiger partial charge in [0.15, 0.2) is 5.82 Å². The number of hydrogen-bond acceptors (Lipinski definition) is 7. The molecule has 2 aromatic rings. The van der Waals surface area contributed by atoms with Crippen molar-refractivity contribution in [1.82, 2.24) is 15.0 Å². The average Bonchev–Trinajstić information content (AvgIpc) is 3.34. The predicted molar refractivity (Wildman–Crippen MR) is 96.6 cm³/mol. The van der Waals surface area contributed by atoms with Crippen LogP contribution in [0.4, 0.5) is 0 Å². The zero-order chi connectivity index (χ0) is 19.0. The van der Waals surface area contributed by atoms with Crippen LogP contribution < -0.4 is 15.2 Å². The Morgan fingerprint density at radius 2 is 2.11 bits per heavy atom. The van der Waals surface area contributed by atoms with Crippen molar-refractivity contribution >= 4 is 5.91 Å². The van der Waals surface area contributed by atoms with E-state index in [1.165, 1.54) is 7.11 Å². The van der Waals surface area contributed by atoms with Crippen molar-refractivity contribution < 1.29 is 18.8 Å². The second kappa shape index (κ2) is 6.84. The van der Waals surface area contributed by atoms with Crippen LogP contribution in [0.25, 0.3) is 0 Å². The first kappa shape index (κ1) is 17.8. The minimum atomic E-state index is -0.478. The van der Waals surface area contributed by atoms with Gasteiger partial charge in [-0.05, 0) is 44.2 Å². The predicted octanol–water partition coefficient (Wildman–Crippen LogP) is 2.40. The second-order valence-corrected chi connectivity index (χ2v) is 7.19. The number of nitrogens with zero attached hydrogens (tertiary/aromatic N) is 3. The highest BCUT2D eigenvalue weighted by Crippen LogP contribution is 2.39. The summed E-state index contributed by atoms with van der Waals surface area (Å²) in [7, 11) is 3.11. The topological polar surface area (TPSA) is 104 Å². The number of benzene rings is 1. The molecular weight excluding hydrogens is 348 g/mol. The number of amides is 1. The fraction of sp³-hybridized carbons (Fsp3) is 0.526. The van der Waals surface area contributed by atoms with E-state index in [0.29, 0.717) is 35.3 Å². The van der Waals surface area contributed by atoms with Crippen LogP contribution in [0, 0.1) is 0 Å². The number of hydrogen-bond donors (Lipinski definition) is 1. The molecule has 0 radical (unpaired) electrons. The van der Waals surface area contributed by atoms with Crippen LogP contribution in [0.1, 0.15) is 60.2 Å². The molecule has 1 atom stereocenters. The quantitative estimate of drug-likeness (QED) is 0.859. The van der Waals surface area contributed by atoms with Crippen molar-refractivity contribution in [3.05, 3.63) is 35.5 Å². The highest BCUT2D eigenvalue weighted by molar-refractivity contribution is 5.97. The lowest BCUT2D eigenvalue weighted by atomic mass is 9.77. The van der Waals surface area contributed by atoms with Gasteiger partial charge in [0.05, 0.1) is 25.3 Å². The van der Waals surface area contributed by atoms with Gasteiger partial charge in [0, 0.05) is 12.6 Å². The van der Waals surface area contributed by atoms with Crippen LogP contribution in [0.15, 0.2) is 22.7 Å². The SMILES string of the molecule is COc1ccc(C(=O)N2CCCC2c2nc(C3(N)CCC3)no2)c(OC)c1. The fourth-order valence-corrected chi connectivity index (χ4v) is 3.75. The minimum absolute atomic E-state index is 0.122. The summed E-state index contributed by atoms with van der Waals surface area (Å²) in [5.74, 6) is 2.00. The number of likely N-dealkylation sites (tertiary alicyclic amines) is 1. The zero-order valence-electron chi connectivity index (χ0n) is 15.6. The lowest BCUT2D eigenvalue weighted by Crippen LogP contribution is -2.44. The van der Waals surface area contributed by atoms with Gasteiger partial charge < -0.3 is 24.6 Å². The average molecular weight is 372 g/mol. The van der Waals surface area contributed by atoms with Gasteiger partial charge in [-0.3, -0.25) is 4.79 Å². The maximum Gasteiger partial charge on any atom is 0.258 e. The van der Waals surface area contributed by atoms with E-state index in [1.54, 1.807) is 30.2 Å². The molecule has 4 rings (SSSR count). The molecule has 2 aliphatic rings. The fourth-order valence-electron chi connectivity index (χ4n) is 3.75. The van der Waals surface area contributed by atoms with Crippen molar-refractivity contribution in [3.8, 4) is 11.5 Å². The maximum atomic E-state index is 13.2. The Balaban J connectivity index is 1.59. The number of rotatable bonds is 5. The molecule has 0 bridgehead atoms. The molecule has 8 nitrogen and oxygen atoms in total. The van der Waals surface area contributed by atoms with Gasteiger partial charge in [0.2, 0.25) is 5.89 Å². The Labute approximate surface area is 157 Å². The van der Waals surface area contributed by atoms with Crippen LogP contribution in [0.2, 0.25) is 0 Å². The third-order valence-corrected chi connectivity index (χ3v) is 5.57. The van der Waals surface area contributed by atoms with Crippen LogP contribution >= 0.6 is 0 Å². The van der Waals surface area contributed by atoms with E-state index in [4.69, 9.17) is 19.7 Å². The molecule has 0 spiro atoms. The number of methoxy groups -OCH3 is 2. The third kappa shape index (κ3) is 3.03. The van der Waals surface area contributed by atoms with E-state index >= 15 is 0 Å². The van der Waals surface area contributed by atoms with Gasteiger partial charge in [0.1, 0.15) is 17.5 Å². The van der Waals surface area contributed by atoms with E-state index in [1.807, 2.05) is 0 Å². The number of carbonyl (C=O) groups excluding carboxylic acids is 1. The van der Waals surface area contributed by atoms with Crippen molar-refractivity contribution in [2.75, 3.05) is 20.8 Å². The molecular formula is C19H24N4O4. The third-order valence-electron chi connectivity index (χ3n) is 5.57. The molecule has 1 aromatic carbocycles. The Morgan fingerprint density at radius 1 is 1.30 bits per heavy atom. The Bertz CT molecular complexity index is 846. The van der Waals surface area contributed by atoms with E-state index in [2.05, 4.69) is 10.1 Å². The van der Waals surface area contributed by atoms with Crippen molar-refractivity contribution in [3.63, 3.8) is 0 Å². The lowest BCUT2D eigenvalue weighted by molar-refractivity contribution is 0.0706. The summed E-state index contributed by atoms with van der Waals surface area (Å²) >= 11 is 0. The molecule has 1 saturated carbocycles. The molecule has 2 N–H and O–H groups in total. The van der Waals surface area contributed by atoms with Crippen LogP contribution in [-0.2, 0) is 5.54 Å². The molecule has 1 aromatic heterocycles. The summed E-state index contributed by atoms with van der Waals surface area (Å²) in [5, 5.41) is 4.09. The normalized spacial score (nSPS) is 21.0. The maximum absolute atomic E-state index is 13.2. The first-order chi connectivity index (χ1) is 13.1. The van der Waals surface area contributed by atoms with Crippen molar-refractivity contribution in [2.45, 2.75) is 43.7 Å². The number of nitrogens with two attached hydrogens (primary N) is 1. The van der Waals surface area contributed by atoms with Gasteiger partial charge in [-0.15, -0.1) is 0 Å². The summed E-state index contributed by atoms with van der Waals surface area (Å²) in [6.45, 7) is 0.629. The molecule has 8 heteroatoms. The molecule has 1 aliphatic carbocycles. The first-order valence-corrected chi connectivity index (χ1v) is 9.22. The smallest absolute Gasteiger partial charge is 0.258 e. The van der Waals surface area contributed by atoms with Crippen LogP contribution in [0.3, 0.4) is 0 Å². The van der Waals surface area contributed by atoms with E-state index in [0.717, 1.165) is 32.1 Å². The largest absolute Gasteiger partial charge is 0.497 e. The lowest BCUT2D eigenvalue weighted by Gasteiger charge is -2.34. The van der Waals surface area contributed by atoms with Crippen molar-refractivity contribution in [1.29, 1.82) is 0 Å². The Morgan fingerprint density at radius 3 is 2.78 bits per heavy atom. The molecule has 1 amide bonds. The van der Waals surface area contributed by atoms with E-state index in [9.17, 15) is 4.79 Å². The minimum Gasteiger partial charge on any atom is -0.497 e. The standard InChI is InChI=1S/C19H24N4O4/c1-25-12-6-7-13(15(11-12)26-2)17(24)23-10-3-5-14(23)16-21-18(22-27-16)19(20)8-4-9-19/h6-7,11,14H,3-5,8-10,20H2,1-2H3. The number of carbonyl (C=O) groups is 1. The summed E-state index contributed by atoms with van der Waals surface area (Å²) in [6, 6.07) is 4.94. The first-order valence-electron chi connectivity index (χ1n) is 9.22.